The van der Waals surface area contributed by atoms with Gasteiger partial charge in [-0.1, -0.05) is 24.3 Å². The van der Waals surface area contributed by atoms with E-state index >= 15 is 0 Å². The number of aryl methyl sites for hydroxylation is 2. The van der Waals surface area contributed by atoms with Gasteiger partial charge >= 0.3 is 6.09 Å². The highest BCUT2D eigenvalue weighted by Gasteiger charge is 2.40. The predicted molar refractivity (Wildman–Crippen MR) is 98.1 cm³/mol. The van der Waals surface area contributed by atoms with Crippen LogP contribution in [0, 0.1) is 13.8 Å². The molecule has 2 aromatic rings. The number of amides is 2. The maximum Gasteiger partial charge on any atom is 0.416 e. The number of para-hydroxylation sites is 1. The Labute approximate surface area is 152 Å². The summed E-state index contributed by atoms with van der Waals surface area (Å²) in [7, 11) is 0. The maximum atomic E-state index is 12.7. The second-order valence-corrected chi connectivity index (χ2v) is 6.60. The number of nitrogens with zero attached hydrogens (tertiary/aromatic N) is 1. The van der Waals surface area contributed by atoms with Gasteiger partial charge in [0, 0.05) is 12.1 Å². The molecule has 0 aliphatic carbocycles. The molecule has 2 aromatic carbocycles. The average Bonchev–Trinajstić information content (AvgIpc) is 2.97. The molecule has 3 rings (SSSR count). The fourth-order valence-electron chi connectivity index (χ4n) is 3.18. The first-order chi connectivity index (χ1) is 12.4. The molecular weight excluding hydrogens is 332 g/mol. The monoisotopic (exact) mass is 354 g/mol. The lowest BCUT2D eigenvalue weighted by Gasteiger charge is -2.23. The van der Waals surface area contributed by atoms with Crippen LogP contribution < -0.4 is 10.1 Å². The molecule has 136 valence electrons. The number of anilines is 1. The number of aliphatic hydroxyl groups is 1. The molecule has 6 heteroatoms. The molecule has 1 saturated heterocycles. The van der Waals surface area contributed by atoms with E-state index in [1.807, 2.05) is 38.1 Å². The fourth-order valence-corrected chi connectivity index (χ4v) is 3.18. The molecule has 1 aliphatic heterocycles. The van der Waals surface area contributed by atoms with Crippen LogP contribution in [0.15, 0.2) is 48.5 Å². The Morgan fingerprint density at radius 2 is 1.77 bits per heavy atom. The molecule has 1 aliphatic rings. The van der Waals surface area contributed by atoms with Crippen LogP contribution in [0.4, 0.5) is 10.5 Å². The number of benzene rings is 2. The summed E-state index contributed by atoms with van der Waals surface area (Å²) in [5.74, 6) is 0.0592. The molecule has 2 N–H and O–H groups in total. The van der Waals surface area contributed by atoms with Crippen LogP contribution in [-0.4, -0.2) is 40.7 Å². The van der Waals surface area contributed by atoms with Crippen molar-refractivity contribution >= 4 is 17.7 Å². The number of carbonyl (C=O) groups is 2. The van der Waals surface area contributed by atoms with Gasteiger partial charge in [0.1, 0.15) is 11.8 Å². The van der Waals surface area contributed by atoms with Gasteiger partial charge in [-0.15, -0.1) is 0 Å². The zero-order valence-corrected chi connectivity index (χ0v) is 14.8. The zero-order valence-electron chi connectivity index (χ0n) is 14.8. The smallest absolute Gasteiger partial charge is 0.410 e. The topological polar surface area (TPSA) is 78.9 Å². The number of hydrogen-bond acceptors (Lipinski definition) is 4. The molecule has 1 heterocycles. The first-order valence-electron chi connectivity index (χ1n) is 8.53. The van der Waals surface area contributed by atoms with Crippen LogP contribution in [0.3, 0.4) is 0 Å². The fraction of sp³-hybridized carbons (Fsp3) is 0.300. The molecule has 2 atom stereocenters. The highest BCUT2D eigenvalue weighted by atomic mass is 16.6. The van der Waals surface area contributed by atoms with E-state index in [1.165, 1.54) is 4.90 Å². The first-order valence-corrected chi connectivity index (χ1v) is 8.53. The quantitative estimate of drug-likeness (QED) is 0.888. The van der Waals surface area contributed by atoms with Gasteiger partial charge < -0.3 is 15.2 Å². The van der Waals surface area contributed by atoms with E-state index in [0.29, 0.717) is 11.4 Å². The van der Waals surface area contributed by atoms with Gasteiger partial charge in [0.2, 0.25) is 5.91 Å². The molecular formula is C20H22N2O4. The average molecular weight is 354 g/mol. The number of carbonyl (C=O) groups excluding carboxylic acids is 2. The third kappa shape index (κ3) is 4.21. The van der Waals surface area contributed by atoms with Gasteiger partial charge in [-0.25, -0.2) is 4.79 Å². The summed E-state index contributed by atoms with van der Waals surface area (Å²) in [5.41, 5.74) is 2.74. The Bertz CT molecular complexity index is 786. The van der Waals surface area contributed by atoms with Gasteiger partial charge in [0.25, 0.3) is 0 Å². The van der Waals surface area contributed by atoms with Crippen molar-refractivity contribution < 1.29 is 19.4 Å². The lowest BCUT2D eigenvalue weighted by Crippen LogP contribution is -2.44. The minimum atomic E-state index is -0.776. The molecule has 1 fully saturated rings. The van der Waals surface area contributed by atoms with Gasteiger partial charge in [-0.3, -0.25) is 9.69 Å². The van der Waals surface area contributed by atoms with Crippen molar-refractivity contribution in [2.45, 2.75) is 32.4 Å². The van der Waals surface area contributed by atoms with Gasteiger partial charge in [0.05, 0.1) is 12.6 Å². The summed E-state index contributed by atoms with van der Waals surface area (Å²) in [6.45, 7) is 3.97. The summed E-state index contributed by atoms with van der Waals surface area (Å²) in [6.07, 6.45) is -1.22. The Hall–Kier alpha value is -2.86. The van der Waals surface area contributed by atoms with Crippen LogP contribution in [-0.2, 0) is 4.79 Å². The van der Waals surface area contributed by atoms with E-state index in [1.54, 1.807) is 24.3 Å². The molecule has 0 spiro atoms. The van der Waals surface area contributed by atoms with E-state index < -0.39 is 18.2 Å². The van der Waals surface area contributed by atoms with Crippen molar-refractivity contribution in [3.63, 3.8) is 0 Å². The summed E-state index contributed by atoms with van der Waals surface area (Å²) < 4.78 is 5.31. The Morgan fingerprint density at radius 1 is 1.12 bits per heavy atom. The molecule has 0 bridgehead atoms. The number of nitrogens with one attached hydrogen (secondary N) is 1. The van der Waals surface area contributed by atoms with E-state index in [9.17, 15) is 14.7 Å². The maximum absolute atomic E-state index is 12.7. The van der Waals surface area contributed by atoms with E-state index in [2.05, 4.69) is 5.32 Å². The van der Waals surface area contributed by atoms with Gasteiger partial charge in [0.15, 0.2) is 0 Å². The zero-order chi connectivity index (χ0) is 18.7. The first kappa shape index (κ1) is 17.9. The third-order valence-electron chi connectivity index (χ3n) is 4.25. The second-order valence-electron chi connectivity index (χ2n) is 6.60. The third-order valence-corrected chi connectivity index (χ3v) is 4.25. The van der Waals surface area contributed by atoms with Gasteiger partial charge in [-0.05, 0) is 49.2 Å². The molecule has 2 amide bonds. The Morgan fingerprint density at radius 3 is 2.42 bits per heavy atom. The normalized spacial score (nSPS) is 19.3. The summed E-state index contributed by atoms with van der Waals surface area (Å²) in [6, 6.07) is 13.6. The van der Waals surface area contributed by atoms with Crippen LogP contribution in [0.2, 0.25) is 0 Å². The van der Waals surface area contributed by atoms with Crippen LogP contribution in [0.5, 0.6) is 5.75 Å². The number of aliphatic hydroxyl groups excluding tert-OH is 1. The Kier molecular flexibility index (Phi) is 5.23. The number of hydrogen-bond donors (Lipinski definition) is 2. The lowest BCUT2D eigenvalue weighted by molar-refractivity contribution is -0.119. The van der Waals surface area contributed by atoms with Crippen LogP contribution >= 0.6 is 0 Å². The number of ether oxygens (including phenoxy) is 1. The highest BCUT2D eigenvalue weighted by Crippen LogP contribution is 2.23. The van der Waals surface area contributed by atoms with E-state index in [0.717, 1.165) is 11.1 Å². The van der Waals surface area contributed by atoms with E-state index in [4.69, 9.17) is 4.74 Å². The van der Waals surface area contributed by atoms with Crippen LogP contribution in [0.25, 0.3) is 0 Å². The summed E-state index contributed by atoms with van der Waals surface area (Å²) >= 11 is 0. The van der Waals surface area contributed by atoms with Crippen molar-refractivity contribution in [1.29, 1.82) is 0 Å². The van der Waals surface area contributed by atoms with Crippen molar-refractivity contribution in [3.05, 3.63) is 59.7 Å². The molecule has 0 radical (unpaired) electrons. The second kappa shape index (κ2) is 7.58. The number of rotatable bonds is 3. The SMILES string of the molecule is Cc1cc(C)cc(NC(=O)[C@H]2C[C@@H](O)CN2C(=O)Oc2ccccc2)c1. The lowest BCUT2D eigenvalue weighted by atomic mass is 10.1. The minimum Gasteiger partial charge on any atom is -0.410 e. The largest absolute Gasteiger partial charge is 0.416 e. The molecule has 0 aromatic heterocycles. The van der Waals surface area contributed by atoms with Crippen LogP contribution in [0.1, 0.15) is 17.5 Å². The molecule has 0 unspecified atom stereocenters. The summed E-state index contributed by atoms with van der Waals surface area (Å²) in [5, 5.41) is 12.8. The van der Waals surface area contributed by atoms with Crippen molar-refractivity contribution in [3.8, 4) is 5.75 Å². The predicted octanol–water partition coefficient (Wildman–Crippen LogP) is 2.88. The molecule has 6 nitrogen and oxygen atoms in total. The van der Waals surface area contributed by atoms with Crippen molar-refractivity contribution in [1.82, 2.24) is 4.90 Å². The van der Waals surface area contributed by atoms with Crippen molar-refractivity contribution in [2.24, 2.45) is 0 Å². The van der Waals surface area contributed by atoms with Gasteiger partial charge in [-0.2, -0.15) is 0 Å². The highest BCUT2D eigenvalue weighted by molar-refractivity contribution is 5.97. The minimum absolute atomic E-state index is 0.0661. The standard InChI is InChI=1S/C20H22N2O4/c1-13-8-14(2)10-15(9-13)21-19(24)18-11-16(23)12-22(18)20(25)26-17-6-4-3-5-7-17/h3-10,16,18,23H,11-12H2,1-2H3,(H,21,24)/t16-,18-/m1/s1. The molecule has 0 saturated carbocycles. The Balaban J connectivity index is 1.72. The van der Waals surface area contributed by atoms with Crippen molar-refractivity contribution in [2.75, 3.05) is 11.9 Å². The van der Waals surface area contributed by atoms with E-state index in [-0.39, 0.29) is 18.9 Å². The number of β-amino-alcohol motifs (C(OH)–C–C–N with tert-alkyl or cyclic N) is 1. The number of likely N-dealkylation sites (tertiary alicyclic amines) is 1. The summed E-state index contributed by atoms with van der Waals surface area (Å²) in [4.78, 5) is 26.4. The molecule has 26 heavy (non-hydrogen) atoms.